The van der Waals surface area contributed by atoms with Crippen LogP contribution in [0.15, 0.2) is 16.9 Å². The predicted molar refractivity (Wildman–Crippen MR) is 90.8 cm³/mol. The molecule has 0 saturated carbocycles. The molecule has 1 unspecified atom stereocenters. The van der Waals surface area contributed by atoms with Crippen molar-refractivity contribution in [1.29, 1.82) is 0 Å². The Hall–Kier alpha value is -1.09. The van der Waals surface area contributed by atoms with Gasteiger partial charge in [-0.1, -0.05) is 40.7 Å². The molecule has 1 heterocycles. The third-order valence-corrected chi connectivity index (χ3v) is 4.06. The van der Waals surface area contributed by atoms with Crippen LogP contribution < -0.4 is 10.9 Å². The fourth-order valence-corrected chi connectivity index (χ4v) is 2.32. The predicted octanol–water partition coefficient (Wildman–Crippen LogP) is 3.91. The van der Waals surface area contributed by atoms with Crippen LogP contribution in [0.4, 0.5) is 0 Å². The average molecular weight is 292 g/mol. The molecule has 0 aliphatic rings. The summed E-state index contributed by atoms with van der Waals surface area (Å²) in [7, 11) is 0. The van der Waals surface area contributed by atoms with Crippen molar-refractivity contribution in [3.63, 3.8) is 0 Å². The summed E-state index contributed by atoms with van der Waals surface area (Å²) in [6.07, 6.45) is 2.12. The second-order valence-electron chi connectivity index (χ2n) is 6.77. The summed E-state index contributed by atoms with van der Waals surface area (Å²) in [5.41, 5.74) is 2.20. The van der Waals surface area contributed by atoms with E-state index in [9.17, 15) is 4.79 Å². The van der Waals surface area contributed by atoms with Crippen molar-refractivity contribution in [2.24, 2.45) is 5.92 Å². The summed E-state index contributed by atoms with van der Waals surface area (Å²) < 4.78 is 1.98. The van der Waals surface area contributed by atoms with Gasteiger partial charge < -0.3 is 9.88 Å². The second kappa shape index (κ2) is 8.38. The van der Waals surface area contributed by atoms with Gasteiger partial charge in [0.15, 0.2) is 0 Å². The monoisotopic (exact) mass is 292 g/mol. The Labute approximate surface area is 129 Å². The van der Waals surface area contributed by atoms with Crippen LogP contribution in [0.1, 0.15) is 71.6 Å². The van der Waals surface area contributed by atoms with Crippen LogP contribution in [0.2, 0.25) is 0 Å². The van der Waals surface area contributed by atoms with Gasteiger partial charge in [0.05, 0.1) is 0 Å². The van der Waals surface area contributed by atoms with E-state index in [0.29, 0.717) is 24.4 Å². The molecule has 0 fully saturated rings. The number of nitrogens with one attached hydrogen (secondary N) is 1. The second-order valence-corrected chi connectivity index (χ2v) is 6.77. The van der Waals surface area contributed by atoms with Crippen molar-refractivity contribution in [2.75, 3.05) is 0 Å². The van der Waals surface area contributed by atoms with Gasteiger partial charge in [-0.25, -0.2) is 0 Å². The van der Waals surface area contributed by atoms with Crippen LogP contribution >= 0.6 is 0 Å². The number of hydrogen-bond donors (Lipinski definition) is 1. The third-order valence-electron chi connectivity index (χ3n) is 4.06. The first kappa shape index (κ1) is 18.0. The molecule has 0 bridgehead atoms. The van der Waals surface area contributed by atoms with Crippen molar-refractivity contribution in [3.05, 3.63) is 33.7 Å². The van der Waals surface area contributed by atoms with Gasteiger partial charge in [0.25, 0.3) is 5.56 Å². The quantitative estimate of drug-likeness (QED) is 0.788. The summed E-state index contributed by atoms with van der Waals surface area (Å²) >= 11 is 0. The van der Waals surface area contributed by atoms with Crippen molar-refractivity contribution < 1.29 is 0 Å². The summed E-state index contributed by atoms with van der Waals surface area (Å²) in [6.45, 7) is 14.5. The van der Waals surface area contributed by atoms with Gasteiger partial charge >= 0.3 is 0 Å². The van der Waals surface area contributed by atoms with Crippen molar-refractivity contribution in [2.45, 2.75) is 79.4 Å². The van der Waals surface area contributed by atoms with Crippen molar-refractivity contribution >= 4 is 0 Å². The number of aromatic nitrogens is 1. The van der Waals surface area contributed by atoms with E-state index in [1.54, 1.807) is 0 Å². The number of rotatable bonds is 8. The Morgan fingerprint density at radius 1 is 1.14 bits per heavy atom. The van der Waals surface area contributed by atoms with E-state index in [1.807, 2.05) is 10.6 Å². The Balaban J connectivity index is 3.02. The van der Waals surface area contributed by atoms with E-state index < -0.39 is 0 Å². The molecule has 1 aromatic heterocycles. The first-order chi connectivity index (χ1) is 9.86. The molecule has 3 heteroatoms. The molecule has 0 aliphatic carbocycles. The van der Waals surface area contributed by atoms with Gasteiger partial charge in [-0.05, 0) is 37.7 Å². The highest BCUT2D eigenvalue weighted by atomic mass is 16.1. The lowest BCUT2D eigenvalue weighted by atomic mass is 10.1. The zero-order chi connectivity index (χ0) is 16.0. The first-order valence-corrected chi connectivity index (χ1v) is 8.32. The highest BCUT2D eigenvalue weighted by molar-refractivity contribution is 5.18. The molecule has 1 aromatic rings. The lowest BCUT2D eigenvalue weighted by molar-refractivity contribution is 0.483. The van der Waals surface area contributed by atoms with Crippen LogP contribution in [0.3, 0.4) is 0 Å². The van der Waals surface area contributed by atoms with E-state index in [4.69, 9.17) is 0 Å². The Bertz CT molecular complexity index is 488. The van der Waals surface area contributed by atoms with E-state index in [1.165, 1.54) is 0 Å². The van der Waals surface area contributed by atoms with Gasteiger partial charge in [-0.3, -0.25) is 4.79 Å². The molecule has 1 rings (SSSR count). The topological polar surface area (TPSA) is 34.0 Å². The molecule has 0 radical (unpaired) electrons. The zero-order valence-electron chi connectivity index (χ0n) is 14.6. The fourth-order valence-electron chi connectivity index (χ4n) is 2.32. The molecule has 1 N–H and O–H groups in total. The van der Waals surface area contributed by atoms with E-state index in [-0.39, 0.29) is 5.56 Å². The summed E-state index contributed by atoms with van der Waals surface area (Å²) in [5, 5.41) is 3.42. The van der Waals surface area contributed by atoms with Gasteiger partial charge in [-0.2, -0.15) is 0 Å². The largest absolute Gasteiger partial charge is 0.312 e. The number of pyridine rings is 1. The highest BCUT2D eigenvalue weighted by Gasteiger charge is 2.12. The molecule has 0 spiro atoms. The molecule has 1 atom stereocenters. The Morgan fingerprint density at radius 3 is 2.33 bits per heavy atom. The lowest BCUT2D eigenvalue weighted by Gasteiger charge is -2.19. The van der Waals surface area contributed by atoms with Gasteiger partial charge in [-0.15, -0.1) is 0 Å². The fraction of sp³-hybridized carbons (Fsp3) is 0.722. The Kier molecular flexibility index (Phi) is 7.16. The van der Waals surface area contributed by atoms with Crippen molar-refractivity contribution in [3.8, 4) is 0 Å². The Morgan fingerprint density at radius 2 is 1.81 bits per heavy atom. The van der Waals surface area contributed by atoms with Crippen LogP contribution in [0, 0.1) is 5.92 Å². The molecule has 0 aliphatic heterocycles. The van der Waals surface area contributed by atoms with Crippen LogP contribution in [0.5, 0.6) is 0 Å². The maximum absolute atomic E-state index is 12.7. The molecule has 21 heavy (non-hydrogen) atoms. The van der Waals surface area contributed by atoms with Gasteiger partial charge in [0.2, 0.25) is 0 Å². The zero-order valence-corrected chi connectivity index (χ0v) is 14.6. The summed E-state index contributed by atoms with van der Waals surface area (Å²) in [4.78, 5) is 12.7. The summed E-state index contributed by atoms with van der Waals surface area (Å²) in [5.74, 6) is 0.986. The van der Waals surface area contributed by atoms with Gasteiger partial charge in [0.1, 0.15) is 0 Å². The molecule has 120 valence electrons. The van der Waals surface area contributed by atoms with E-state index >= 15 is 0 Å². The van der Waals surface area contributed by atoms with Crippen LogP contribution in [0.25, 0.3) is 0 Å². The maximum Gasteiger partial charge on any atom is 0.255 e. The van der Waals surface area contributed by atoms with Crippen molar-refractivity contribution in [1.82, 2.24) is 9.88 Å². The number of nitrogens with zero attached hydrogens (tertiary/aromatic N) is 1. The third kappa shape index (κ3) is 5.31. The van der Waals surface area contributed by atoms with Gasteiger partial charge in [0, 0.05) is 30.4 Å². The molecular weight excluding hydrogens is 260 g/mol. The molecule has 0 amide bonds. The smallest absolute Gasteiger partial charge is 0.255 e. The maximum atomic E-state index is 12.7. The number of hydrogen-bond acceptors (Lipinski definition) is 2. The minimum Gasteiger partial charge on any atom is -0.312 e. The molecule has 0 aromatic carbocycles. The molecule has 3 nitrogen and oxygen atoms in total. The minimum absolute atomic E-state index is 0.178. The molecule has 0 saturated heterocycles. The lowest BCUT2D eigenvalue weighted by Crippen LogP contribution is -2.32. The molecular formula is C18H32N2O. The van der Waals surface area contributed by atoms with Crippen LogP contribution in [-0.2, 0) is 13.1 Å². The normalized spacial score (nSPS) is 13.1. The average Bonchev–Trinajstić information content (AvgIpc) is 2.43. The highest BCUT2D eigenvalue weighted by Crippen LogP contribution is 2.15. The van der Waals surface area contributed by atoms with E-state index in [2.05, 4.69) is 52.9 Å². The van der Waals surface area contributed by atoms with Crippen LogP contribution in [-0.4, -0.2) is 10.6 Å². The first-order valence-electron chi connectivity index (χ1n) is 8.32. The summed E-state index contributed by atoms with van der Waals surface area (Å²) in [6, 6.07) is 4.57. The standard InChI is InChI=1S/C18H32N2O/c1-7-15(6)19-12-16-8-9-17(14(4)5)20(18(16)21)11-10-13(2)3/h8-9,13-15,19H,7,10-12H2,1-6H3. The SMILES string of the molecule is CCC(C)NCc1ccc(C(C)C)n(CCC(C)C)c1=O. The minimum atomic E-state index is 0.178. The van der Waals surface area contributed by atoms with E-state index in [0.717, 1.165) is 30.6 Å².